The Balaban J connectivity index is 1.63. The number of carbonyl (C=O) groups excluding carboxylic acids is 1. The van der Waals surface area contributed by atoms with Crippen molar-refractivity contribution in [3.63, 3.8) is 0 Å². The molecule has 4 heteroatoms. The van der Waals surface area contributed by atoms with Crippen molar-refractivity contribution in [3.05, 3.63) is 0 Å². The summed E-state index contributed by atoms with van der Waals surface area (Å²) in [6.07, 6.45) is 9.68. The highest BCUT2D eigenvalue weighted by atomic mass is 16.5. The van der Waals surface area contributed by atoms with Crippen molar-refractivity contribution in [1.29, 1.82) is 0 Å². The van der Waals surface area contributed by atoms with Gasteiger partial charge < -0.3 is 9.47 Å². The van der Waals surface area contributed by atoms with Crippen molar-refractivity contribution in [2.75, 3.05) is 19.8 Å². The van der Waals surface area contributed by atoms with Gasteiger partial charge in [0.05, 0.1) is 18.8 Å². The third kappa shape index (κ3) is 3.17. The molecule has 4 nitrogen and oxygen atoms in total. The van der Waals surface area contributed by atoms with Crippen molar-refractivity contribution in [1.82, 2.24) is 4.90 Å². The van der Waals surface area contributed by atoms with E-state index in [2.05, 4.69) is 4.90 Å². The van der Waals surface area contributed by atoms with E-state index in [4.69, 9.17) is 9.47 Å². The van der Waals surface area contributed by atoms with E-state index in [1.165, 1.54) is 38.5 Å². The van der Waals surface area contributed by atoms with Crippen molar-refractivity contribution >= 4 is 5.97 Å². The molecule has 0 aromatic carbocycles. The number of ether oxygens (including phenoxy) is 2. The van der Waals surface area contributed by atoms with Gasteiger partial charge in [-0.15, -0.1) is 0 Å². The SMILES string of the molecule is CCOC(=O)CN(C1CC1)C1CCOC2(CCCC2)C1. The first-order valence-corrected chi connectivity index (χ1v) is 8.28. The summed E-state index contributed by atoms with van der Waals surface area (Å²) in [5.74, 6) is -0.0636. The molecule has 2 aliphatic carbocycles. The van der Waals surface area contributed by atoms with Gasteiger partial charge in [0.2, 0.25) is 0 Å². The largest absolute Gasteiger partial charge is 0.465 e. The van der Waals surface area contributed by atoms with Crippen molar-refractivity contribution in [3.8, 4) is 0 Å². The first-order chi connectivity index (χ1) is 9.72. The molecule has 1 atom stereocenters. The lowest BCUT2D eigenvalue weighted by Crippen LogP contribution is -2.50. The fraction of sp³-hybridized carbons (Fsp3) is 0.938. The Morgan fingerprint density at radius 1 is 1.25 bits per heavy atom. The highest BCUT2D eigenvalue weighted by Crippen LogP contribution is 2.43. The van der Waals surface area contributed by atoms with Gasteiger partial charge in [0, 0.05) is 18.7 Å². The van der Waals surface area contributed by atoms with Crippen LogP contribution in [-0.2, 0) is 14.3 Å². The Morgan fingerprint density at radius 3 is 2.65 bits per heavy atom. The van der Waals surface area contributed by atoms with Gasteiger partial charge in [0.1, 0.15) is 0 Å². The Hall–Kier alpha value is -0.610. The molecule has 3 fully saturated rings. The van der Waals surface area contributed by atoms with E-state index in [0.717, 1.165) is 19.4 Å². The van der Waals surface area contributed by atoms with Crippen LogP contribution in [0, 0.1) is 0 Å². The first-order valence-electron chi connectivity index (χ1n) is 8.28. The molecule has 1 spiro atoms. The maximum Gasteiger partial charge on any atom is 0.320 e. The second-order valence-corrected chi connectivity index (χ2v) is 6.59. The smallest absolute Gasteiger partial charge is 0.320 e. The molecule has 0 amide bonds. The van der Waals surface area contributed by atoms with Crippen LogP contribution in [0.15, 0.2) is 0 Å². The average molecular weight is 281 g/mol. The van der Waals surface area contributed by atoms with Crippen LogP contribution in [-0.4, -0.2) is 48.3 Å². The van der Waals surface area contributed by atoms with Crippen LogP contribution in [0.3, 0.4) is 0 Å². The lowest BCUT2D eigenvalue weighted by atomic mass is 9.88. The fourth-order valence-corrected chi connectivity index (χ4v) is 3.97. The summed E-state index contributed by atoms with van der Waals surface area (Å²) in [5.41, 5.74) is 0.130. The number of nitrogens with zero attached hydrogens (tertiary/aromatic N) is 1. The number of hydrogen-bond acceptors (Lipinski definition) is 4. The summed E-state index contributed by atoms with van der Waals surface area (Å²) >= 11 is 0. The maximum absolute atomic E-state index is 11.8. The molecule has 1 aliphatic heterocycles. The maximum atomic E-state index is 11.8. The number of rotatable bonds is 5. The van der Waals surface area contributed by atoms with E-state index in [1.54, 1.807) is 0 Å². The second kappa shape index (κ2) is 6.02. The van der Waals surface area contributed by atoms with E-state index < -0.39 is 0 Å². The molecular formula is C16H27NO3. The van der Waals surface area contributed by atoms with Gasteiger partial charge in [0.25, 0.3) is 0 Å². The fourth-order valence-electron chi connectivity index (χ4n) is 3.97. The van der Waals surface area contributed by atoms with Crippen LogP contribution in [0.2, 0.25) is 0 Å². The van der Waals surface area contributed by atoms with E-state index >= 15 is 0 Å². The van der Waals surface area contributed by atoms with Gasteiger partial charge in [-0.1, -0.05) is 12.8 Å². The third-order valence-electron chi connectivity index (χ3n) is 5.08. The summed E-state index contributed by atoms with van der Waals surface area (Å²) in [7, 11) is 0. The lowest BCUT2D eigenvalue weighted by Gasteiger charge is -2.43. The molecule has 1 saturated heterocycles. The van der Waals surface area contributed by atoms with E-state index in [1.807, 2.05) is 6.92 Å². The molecule has 1 heterocycles. The van der Waals surface area contributed by atoms with Gasteiger partial charge in [0.15, 0.2) is 0 Å². The molecule has 0 aromatic heterocycles. The molecule has 114 valence electrons. The highest BCUT2D eigenvalue weighted by molar-refractivity contribution is 5.71. The Kier molecular flexibility index (Phi) is 4.32. The summed E-state index contributed by atoms with van der Waals surface area (Å²) in [4.78, 5) is 14.3. The van der Waals surface area contributed by atoms with Crippen LogP contribution in [0.5, 0.6) is 0 Å². The van der Waals surface area contributed by atoms with Crippen LogP contribution < -0.4 is 0 Å². The van der Waals surface area contributed by atoms with E-state index in [0.29, 0.717) is 25.2 Å². The zero-order valence-electron chi connectivity index (χ0n) is 12.6. The summed E-state index contributed by atoms with van der Waals surface area (Å²) in [6.45, 7) is 3.69. The Bertz CT molecular complexity index is 348. The average Bonchev–Trinajstić information content (AvgIpc) is 3.19. The minimum absolute atomic E-state index is 0.0636. The summed E-state index contributed by atoms with van der Waals surface area (Å²) in [6, 6.07) is 1.12. The second-order valence-electron chi connectivity index (χ2n) is 6.59. The quantitative estimate of drug-likeness (QED) is 0.726. The topological polar surface area (TPSA) is 38.8 Å². The zero-order valence-corrected chi connectivity index (χ0v) is 12.6. The summed E-state index contributed by atoms with van der Waals surface area (Å²) < 4.78 is 11.3. The minimum Gasteiger partial charge on any atom is -0.465 e. The highest BCUT2D eigenvalue weighted by Gasteiger charge is 2.44. The van der Waals surface area contributed by atoms with Crippen LogP contribution in [0.4, 0.5) is 0 Å². The standard InChI is InChI=1S/C16H27NO3/c1-2-19-15(18)12-17(13-5-6-13)14-7-10-20-16(11-14)8-3-4-9-16/h13-14H,2-12H2,1H3. The van der Waals surface area contributed by atoms with Crippen molar-refractivity contribution in [2.24, 2.45) is 0 Å². The Labute approximate surface area is 121 Å². The molecule has 0 bridgehead atoms. The lowest BCUT2D eigenvalue weighted by molar-refractivity contribution is -0.148. The molecule has 0 aromatic rings. The van der Waals surface area contributed by atoms with Gasteiger partial charge in [-0.05, 0) is 45.4 Å². The molecular weight excluding hydrogens is 254 g/mol. The summed E-state index contributed by atoms with van der Waals surface area (Å²) in [5, 5.41) is 0. The molecule has 20 heavy (non-hydrogen) atoms. The molecule has 0 N–H and O–H groups in total. The molecule has 3 aliphatic rings. The molecule has 3 rings (SSSR count). The van der Waals surface area contributed by atoms with E-state index in [9.17, 15) is 4.79 Å². The number of carbonyl (C=O) groups is 1. The number of hydrogen-bond donors (Lipinski definition) is 0. The van der Waals surface area contributed by atoms with Crippen LogP contribution in [0.1, 0.15) is 58.3 Å². The number of esters is 1. The van der Waals surface area contributed by atoms with Crippen LogP contribution >= 0.6 is 0 Å². The van der Waals surface area contributed by atoms with Crippen LogP contribution in [0.25, 0.3) is 0 Å². The zero-order chi connectivity index (χ0) is 14.0. The van der Waals surface area contributed by atoms with Crippen molar-refractivity contribution < 1.29 is 14.3 Å². The molecule has 1 unspecified atom stereocenters. The molecule has 0 radical (unpaired) electrons. The minimum atomic E-state index is -0.0636. The molecule has 2 saturated carbocycles. The first kappa shape index (κ1) is 14.3. The Morgan fingerprint density at radius 2 is 2.00 bits per heavy atom. The predicted molar refractivity (Wildman–Crippen MR) is 76.5 cm³/mol. The van der Waals surface area contributed by atoms with Gasteiger partial charge in [-0.2, -0.15) is 0 Å². The van der Waals surface area contributed by atoms with E-state index in [-0.39, 0.29) is 11.6 Å². The predicted octanol–water partition coefficient (Wildman–Crippen LogP) is 2.51. The van der Waals surface area contributed by atoms with Crippen molar-refractivity contribution in [2.45, 2.75) is 76.0 Å². The monoisotopic (exact) mass is 281 g/mol. The third-order valence-corrected chi connectivity index (χ3v) is 5.08. The normalized spacial score (nSPS) is 29.0. The van der Waals surface area contributed by atoms with Gasteiger partial charge in [-0.25, -0.2) is 0 Å². The van der Waals surface area contributed by atoms with Gasteiger partial charge in [-0.3, -0.25) is 9.69 Å². The van der Waals surface area contributed by atoms with Gasteiger partial charge >= 0.3 is 5.97 Å².